The number of rotatable bonds is 5. The molecule has 10 heteroatoms. The van der Waals surface area contributed by atoms with Crippen LogP contribution in [0.25, 0.3) is 23.0 Å². The van der Waals surface area contributed by atoms with Crippen molar-refractivity contribution in [2.24, 2.45) is 5.73 Å². The van der Waals surface area contributed by atoms with Gasteiger partial charge in [-0.2, -0.15) is 9.61 Å². The number of aromatic nitrogens is 3. The number of urea groups is 1. The molecule has 0 spiro atoms. The van der Waals surface area contributed by atoms with Gasteiger partial charge in [0.05, 0.1) is 11.9 Å². The van der Waals surface area contributed by atoms with Crippen molar-refractivity contribution in [2.75, 3.05) is 5.32 Å². The van der Waals surface area contributed by atoms with E-state index in [1.54, 1.807) is 28.9 Å². The zero-order valence-corrected chi connectivity index (χ0v) is 15.7. The summed E-state index contributed by atoms with van der Waals surface area (Å²) in [5.41, 5.74) is 8.32. The van der Waals surface area contributed by atoms with Crippen LogP contribution in [0.15, 0.2) is 42.2 Å². The molecule has 2 fully saturated rings. The molecule has 30 heavy (non-hydrogen) atoms. The zero-order valence-electron chi connectivity index (χ0n) is 15.7. The summed E-state index contributed by atoms with van der Waals surface area (Å²) in [5.74, 6) is -0.292. The Bertz CT molecular complexity index is 1260. The van der Waals surface area contributed by atoms with Gasteiger partial charge >= 0.3 is 6.03 Å². The monoisotopic (exact) mass is 403 g/mol. The van der Waals surface area contributed by atoms with Crippen LogP contribution in [0.2, 0.25) is 0 Å². The van der Waals surface area contributed by atoms with Crippen LogP contribution >= 0.6 is 0 Å². The fourth-order valence-electron chi connectivity index (χ4n) is 3.24. The fraction of sp³-hybridized carbons (Fsp3) is 0.150. The van der Waals surface area contributed by atoms with Crippen LogP contribution < -0.4 is 21.7 Å². The highest BCUT2D eigenvalue weighted by Gasteiger charge is 2.25. The van der Waals surface area contributed by atoms with E-state index in [0.717, 1.165) is 24.2 Å². The fourth-order valence-corrected chi connectivity index (χ4v) is 3.24. The molecule has 2 aromatic heterocycles. The predicted octanol–water partition coefficient (Wildman–Crippen LogP) is 1.25. The standard InChI is InChI=1S/C20H17N7O3/c21-17(28)11-3-1-2-10(6-11)14-8-16(23-13-4-5-13)27-18(24-14)12(9-22-27)7-15-19(29)26-20(30)25-15/h1-3,6-9,13,23H,4-5H2,(H2,21,28)(H2,25,26,29,30)/b15-7-. The lowest BCUT2D eigenvalue weighted by Crippen LogP contribution is -2.22. The molecule has 4 amide bonds. The predicted molar refractivity (Wildman–Crippen MR) is 108 cm³/mol. The number of primary amides is 1. The summed E-state index contributed by atoms with van der Waals surface area (Å²) < 4.78 is 1.65. The van der Waals surface area contributed by atoms with Crippen molar-refractivity contribution in [3.63, 3.8) is 0 Å². The van der Waals surface area contributed by atoms with Gasteiger partial charge in [0.1, 0.15) is 11.5 Å². The van der Waals surface area contributed by atoms with E-state index < -0.39 is 17.8 Å². The second kappa shape index (κ2) is 6.69. The van der Waals surface area contributed by atoms with Crippen molar-refractivity contribution in [1.29, 1.82) is 0 Å². The SMILES string of the molecule is NC(=O)c1cccc(-c2cc(NC3CC3)n3ncc(/C=C4\NC(=O)NC4=O)c3n2)c1. The number of nitrogens with zero attached hydrogens (tertiary/aromatic N) is 3. The van der Waals surface area contributed by atoms with Gasteiger partial charge in [-0.3, -0.25) is 14.9 Å². The molecular formula is C20H17N7O3. The molecule has 1 aliphatic heterocycles. The second-order valence-corrected chi connectivity index (χ2v) is 7.19. The maximum atomic E-state index is 11.9. The summed E-state index contributed by atoms with van der Waals surface area (Å²) in [6.07, 6.45) is 5.25. The highest BCUT2D eigenvalue weighted by atomic mass is 16.2. The molecule has 3 aromatic rings. The lowest BCUT2D eigenvalue weighted by atomic mass is 10.1. The van der Waals surface area contributed by atoms with Crippen LogP contribution in [-0.4, -0.2) is 38.5 Å². The third-order valence-electron chi connectivity index (χ3n) is 4.89. The van der Waals surface area contributed by atoms with Crippen LogP contribution in [0.4, 0.5) is 10.6 Å². The Kier molecular flexibility index (Phi) is 3.98. The van der Waals surface area contributed by atoms with E-state index in [1.807, 2.05) is 12.1 Å². The van der Waals surface area contributed by atoms with E-state index >= 15 is 0 Å². The summed E-state index contributed by atoms with van der Waals surface area (Å²) in [6.45, 7) is 0. The second-order valence-electron chi connectivity index (χ2n) is 7.19. The average molecular weight is 403 g/mol. The van der Waals surface area contributed by atoms with Gasteiger partial charge < -0.3 is 16.4 Å². The third-order valence-corrected chi connectivity index (χ3v) is 4.89. The van der Waals surface area contributed by atoms with Crippen molar-refractivity contribution in [3.05, 3.63) is 53.4 Å². The molecule has 150 valence electrons. The number of carbonyl (C=O) groups is 3. The molecule has 2 aliphatic rings. The minimum absolute atomic E-state index is 0.120. The molecule has 3 heterocycles. The maximum Gasteiger partial charge on any atom is 0.326 e. The molecule has 1 saturated heterocycles. The number of benzene rings is 1. The number of hydrogen-bond donors (Lipinski definition) is 4. The van der Waals surface area contributed by atoms with Crippen molar-refractivity contribution in [1.82, 2.24) is 25.2 Å². The summed E-state index contributed by atoms with van der Waals surface area (Å²) in [4.78, 5) is 39.6. The summed E-state index contributed by atoms with van der Waals surface area (Å²) >= 11 is 0. The smallest absolute Gasteiger partial charge is 0.326 e. The Morgan fingerprint density at radius 3 is 2.77 bits per heavy atom. The highest BCUT2D eigenvalue weighted by Crippen LogP contribution is 2.29. The van der Waals surface area contributed by atoms with Gasteiger partial charge in [0.2, 0.25) is 5.91 Å². The number of imide groups is 1. The average Bonchev–Trinajstić information content (AvgIpc) is 3.36. The van der Waals surface area contributed by atoms with Gasteiger partial charge in [-0.25, -0.2) is 9.78 Å². The van der Waals surface area contributed by atoms with Crippen LogP contribution in [0.3, 0.4) is 0 Å². The number of carbonyl (C=O) groups excluding carboxylic acids is 3. The highest BCUT2D eigenvalue weighted by molar-refractivity contribution is 6.14. The molecule has 0 bridgehead atoms. The van der Waals surface area contributed by atoms with Crippen LogP contribution in [-0.2, 0) is 4.79 Å². The first-order chi connectivity index (χ1) is 14.5. The summed E-state index contributed by atoms with van der Waals surface area (Å²) in [5, 5.41) is 12.4. The van der Waals surface area contributed by atoms with Gasteiger partial charge in [0.15, 0.2) is 5.65 Å². The van der Waals surface area contributed by atoms with E-state index in [0.29, 0.717) is 28.5 Å². The molecule has 1 aromatic carbocycles. The van der Waals surface area contributed by atoms with Crippen LogP contribution in [0, 0.1) is 0 Å². The van der Waals surface area contributed by atoms with Crippen molar-refractivity contribution < 1.29 is 14.4 Å². The number of hydrogen-bond acceptors (Lipinski definition) is 6. The summed E-state index contributed by atoms with van der Waals surface area (Å²) in [7, 11) is 0. The number of anilines is 1. The summed E-state index contributed by atoms with van der Waals surface area (Å²) in [6, 6.07) is 8.56. The minimum atomic E-state index is -0.573. The van der Waals surface area contributed by atoms with Crippen molar-refractivity contribution in [3.8, 4) is 11.3 Å². The van der Waals surface area contributed by atoms with Gasteiger partial charge in [-0.1, -0.05) is 12.1 Å². The first-order valence-electron chi connectivity index (χ1n) is 9.37. The minimum Gasteiger partial charge on any atom is -0.367 e. The zero-order chi connectivity index (χ0) is 20.8. The Balaban J connectivity index is 1.65. The third kappa shape index (κ3) is 3.24. The van der Waals surface area contributed by atoms with Gasteiger partial charge in [0, 0.05) is 28.8 Å². The lowest BCUT2D eigenvalue weighted by molar-refractivity contribution is -0.115. The van der Waals surface area contributed by atoms with E-state index in [-0.39, 0.29) is 5.70 Å². The molecule has 0 unspecified atom stereocenters. The lowest BCUT2D eigenvalue weighted by Gasteiger charge is -2.11. The first-order valence-corrected chi connectivity index (χ1v) is 9.37. The molecular weight excluding hydrogens is 386 g/mol. The Morgan fingerprint density at radius 2 is 2.07 bits per heavy atom. The Morgan fingerprint density at radius 1 is 1.23 bits per heavy atom. The maximum absolute atomic E-state index is 11.9. The van der Waals surface area contributed by atoms with Crippen molar-refractivity contribution >= 4 is 35.4 Å². The topological polar surface area (TPSA) is 144 Å². The van der Waals surface area contributed by atoms with Crippen LogP contribution in [0.1, 0.15) is 28.8 Å². The van der Waals surface area contributed by atoms with Crippen molar-refractivity contribution in [2.45, 2.75) is 18.9 Å². The van der Waals surface area contributed by atoms with Gasteiger partial charge in [-0.15, -0.1) is 0 Å². The Labute approximate surface area is 170 Å². The molecule has 0 atom stereocenters. The van der Waals surface area contributed by atoms with E-state index in [2.05, 4.69) is 21.0 Å². The Hall–Kier alpha value is -4.21. The van der Waals surface area contributed by atoms with Gasteiger partial charge in [-0.05, 0) is 31.1 Å². The van der Waals surface area contributed by atoms with Crippen LogP contribution in [0.5, 0.6) is 0 Å². The number of nitrogens with one attached hydrogen (secondary N) is 3. The molecule has 1 aliphatic carbocycles. The largest absolute Gasteiger partial charge is 0.367 e. The molecule has 10 nitrogen and oxygen atoms in total. The van der Waals surface area contributed by atoms with E-state index in [1.165, 1.54) is 6.08 Å². The number of fused-ring (bicyclic) bond motifs is 1. The number of nitrogens with two attached hydrogens (primary N) is 1. The first kappa shape index (κ1) is 17.9. The quantitative estimate of drug-likeness (QED) is 0.373. The molecule has 0 radical (unpaired) electrons. The molecule has 5 N–H and O–H groups in total. The van der Waals surface area contributed by atoms with E-state index in [4.69, 9.17) is 10.7 Å². The molecule has 1 saturated carbocycles. The van der Waals surface area contributed by atoms with E-state index in [9.17, 15) is 14.4 Å². The normalized spacial score (nSPS) is 17.3. The number of amides is 4. The van der Waals surface area contributed by atoms with Gasteiger partial charge in [0.25, 0.3) is 5.91 Å². The molecule has 5 rings (SSSR count).